The van der Waals surface area contributed by atoms with Crippen LogP contribution in [0.1, 0.15) is 37.1 Å². The van der Waals surface area contributed by atoms with Crippen molar-refractivity contribution in [2.24, 2.45) is 5.92 Å². The third-order valence-electron chi connectivity index (χ3n) is 4.03. The van der Waals surface area contributed by atoms with E-state index in [1.807, 2.05) is 9.58 Å². The summed E-state index contributed by atoms with van der Waals surface area (Å²) in [5.74, 6) is 0.625. The molecule has 1 aliphatic heterocycles. The van der Waals surface area contributed by atoms with Crippen LogP contribution in [0.4, 0.5) is 0 Å². The number of nitrogens with zero attached hydrogens (tertiary/aromatic N) is 4. The Hall–Kier alpha value is -2.09. The van der Waals surface area contributed by atoms with Gasteiger partial charge in [0.15, 0.2) is 5.69 Å². The Kier molecular flexibility index (Phi) is 3.55. The zero-order valence-electron chi connectivity index (χ0n) is 11.5. The Morgan fingerprint density at radius 3 is 3.15 bits per heavy atom. The normalized spacial score (nSPS) is 21.4. The second-order valence-corrected chi connectivity index (χ2v) is 5.49. The number of aromatic nitrogens is 2. The van der Waals surface area contributed by atoms with Crippen LogP contribution in [0.3, 0.4) is 0 Å². The molecular formula is C15H18N4O. The molecule has 5 nitrogen and oxygen atoms in total. The minimum Gasteiger partial charge on any atom is -0.337 e. The summed E-state index contributed by atoms with van der Waals surface area (Å²) in [6.07, 6.45) is 8.01. The van der Waals surface area contributed by atoms with Gasteiger partial charge in [0.05, 0.1) is 12.2 Å². The van der Waals surface area contributed by atoms with Crippen molar-refractivity contribution < 1.29 is 4.79 Å². The molecule has 1 atom stereocenters. The first-order valence-electron chi connectivity index (χ1n) is 7.17. The molecule has 5 heteroatoms. The average molecular weight is 270 g/mol. The molecule has 0 aromatic carbocycles. The maximum Gasteiger partial charge on any atom is 0.223 e. The van der Waals surface area contributed by atoms with Gasteiger partial charge in [0.1, 0.15) is 6.07 Å². The number of rotatable bonds is 2. The molecule has 0 N–H and O–H groups in total. The van der Waals surface area contributed by atoms with Crippen molar-refractivity contribution in [3.8, 4) is 6.07 Å². The topological polar surface area (TPSA) is 61.9 Å². The van der Waals surface area contributed by atoms with Crippen LogP contribution < -0.4 is 0 Å². The van der Waals surface area contributed by atoms with Gasteiger partial charge in [-0.1, -0.05) is 12.2 Å². The van der Waals surface area contributed by atoms with Crippen LogP contribution in [0.15, 0.2) is 18.2 Å². The SMILES string of the molecule is N#Cc1cc2n(n1)CCCN(C(=O)C[C@H]1C=CCC1)C2. The predicted octanol–water partition coefficient (Wildman–Crippen LogP) is 1.84. The molecule has 0 spiro atoms. The molecule has 0 unspecified atom stereocenters. The second kappa shape index (κ2) is 5.49. The van der Waals surface area contributed by atoms with Gasteiger partial charge in [-0.15, -0.1) is 0 Å². The Morgan fingerprint density at radius 1 is 1.50 bits per heavy atom. The predicted molar refractivity (Wildman–Crippen MR) is 73.5 cm³/mol. The third-order valence-corrected chi connectivity index (χ3v) is 4.03. The lowest BCUT2D eigenvalue weighted by Gasteiger charge is -2.21. The highest BCUT2D eigenvalue weighted by molar-refractivity contribution is 5.76. The van der Waals surface area contributed by atoms with E-state index < -0.39 is 0 Å². The van der Waals surface area contributed by atoms with Gasteiger partial charge in [-0.2, -0.15) is 10.4 Å². The Balaban J connectivity index is 1.69. The van der Waals surface area contributed by atoms with E-state index in [2.05, 4.69) is 23.3 Å². The van der Waals surface area contributed by atoms with E-state index in [9.17, 15) is 4.79 Å². The smallest absolute Gasteiger partial charge is 0.223 e. The zero-order valence-corrected chi connectivity index (χ0v) is 11.5. The summed E-state index contributed by atoms with van der Waals surface area (Å²) in [5, 5.41) is 13.1. The summed E-state index contributed by atoms with van der Waals surface area (Å²) in [4.78, 5) is 14.3. The van der Waals surface area contributed by atoms with Crippen LogP contribution in [0.25, 0.3) is 0 Å². The molecular weight excluding hydrogens is 252 g/mol. The van der Waals surface area contributed by atoms with Gasteiger partial charge in [-0.05, 0) is 31.2 Å². The number of hydrogen-bond acceptors (Lipinski definition) is 3. The molecule has 2 aliphatic rings. The van der Waals surface area contributed by atoms with Crippen LogP contribution in [0, 0.1) is 17.2 Å². The van der Waals surface area contributed by atoms with E-state index in [-0.39, 0.29) is 5.91 Å². The van der Waals surface area contributed by atoms with E-state index in [1.165, 1.54) is 0 Å². The fourth-order valence-corrected chi connectivity index (χ4v) is 2.95. The third kappa shape index (κ3) is 2.60. The van der Waals surface area contributed by atoms with Crippen molar-refractivity contribution in [3.05, 3.63) is 29.6 Å². The van der Waals surface area contributed by atoms with Crippen LogP contribution in [0.2, 0.25) is 0 Å². The fourth-order valence-electron chi connectivity index (χ4n) is 2.95. The maximum absolute atomic E-state index is 12.4. The lowest BCUT2D eigenvalue weighted by Crippen LogP contribution is -2.31. The Labute approximate surface area is 118 Å². The first-order valence-corrected chi connectivity index (χ1v) is 7.17. The molecule has 3 rings (SSSR count). The van der Waals surface area contributed by atoms with Gasteiger partial charge < -0.3 is 4.90 Å². The first kappa shape index (κ1) is 12.9. The van der Waals surface area contributed by atoms with Gasteiger partial charge in [-0.3, -0.25) is 9.48 Å². The van der Waals surface area contributed by atoms with Gasteiger partial charge in [-0.25, -0.2) is 0 Å². The van der Waals surface area contributed by atoms with Crippen LogP contribution in [-0.2, 0) is 17.9 Å². The Morgan fingerprint density at radius 2 is 2.40 bits per heavy atom. The molecule has 0 radical (unpaired) electrons. The van der Waals surface area contributed by atoms with E-state index in [1.54, 1.807) is 6.07 Å². The molecule has 20 heavy (non-hydrogen) atoms. The van der Waals surface area contributed by atoms with Crippen LogP contribution in [-0.4, -0.2) is 27.1 Å². The van der Waals surface area contributed by atoms with Gasteiger partial charge in [0, 0.05) is 19.5 Å². The van der Waals surface area contributed by atoms with Crippen molar-refractivity contribution >= 4 is 5.91 Å². The number of fused-ring (bicyclic) bond motifs is 1. The van der Waals surface area contributed by atoms with E-state index in [4.69, 9.17) is 5.26 Å². The molecule has 104 valence electrons. The van der Waals surface area contributed by atoms with Crippen LogP contribution in [0.5, 0.6) is 0 Å². The van der Waals surface area contributed by atoms with Crippen LogP contribution >= 0.6 is 0 Å². The van der Waals surface area contributed by atoms with Gasteiger partial charge in [0.25, 0.3) is 0 Å². The molecule has 1 aromatic heterocycles. The first-order chi connectivity index (χ1) is 9.76. The quantitative estimate of drug-likeness (QED) is 0.770. The summed E-state index contributed by atoms with van der Waals surface area (Å²) in [5.41, 5.74) is 1.40. The molecule has 1 aromatic rings. The molecule has 1 amide bonds. The maximum atomic E-state index is 12.4. The summed E-state index contributed by atoms with van der Waals surface area (Å²) in [7, 11) is 0. The van der Waals surface area contributed by atoms with Crippen molar-refractivity contribution in [3.63, 3.8) is 0 Å². The molecule has 0 saturated heterocycles. The number of allylic oxidation sites excluding steroid dienone is 2. The molecule has 2 heterocycles. The highest BCUT2D eigenvalue weighted by atomic mass is 16.2. The van der Waals surface area contributed by atoms with E-state index in [0.29, 0.717) is 24.6 Å². The van der Waals surface area contributed by atoms with Gasteiger partial charge >= 0.3 is 0 Å². The molecule has 0 bridgehead atoms. The summed E-state index contributed by atoms with van der Waals surface area (Å²) >= 11 is 0. The molecule has 0 fully saturated rings. The fraction of sp³-hybridized carbons (Fsp3) is 0.533. The number of aryl methyl sites for hydroxylation is 1. The number of carbonyl (C=O) groups excluding carboxylic acids is 1. The van der Waals surface area contributed by atoms with Gasteiger partial charge in [0.2, 0.25) is 5.91 Å². The highest BCUT2D eigenvalue weighted by Gasteiger charge is 2.23. The summed E-state index contributed by atoms with van der Waals surface area (Å²) in [6.45, 7) is 2.13. The number of hydrogen-bond donors (Lipinski definition) is 0. The van der Waals surface area contributed by atoms with Crippen molar-refractivity contribution in [1.29, 1.82) is 5.26 Å². The molecule has 1 aliphatic carbocycles. The standard InChI is InChI=1S/C15H18N4O/c16-10-13-9-14-11-18(6-3-7-19(14)17-13)15(20)8-12-4-1-2-5-12/h1,4,9,12H,2-3,5-8,11H2/t12-/m0/s1. The van der Waals surface area contributed by atoms with Crippen molar-refractivity contribution in [2.45, 2.75) is 38.8 Å². The van der Waals surface area contributed by atoms with E-state index >= 15 is 0 Å². The van der Waals surface area contributed by atoms with Crippen molar-refractivity contribution in [1.82, 2.24) is 14.7 Å². The number of nitriles is 1. The minimum atomic E-state index is 0.217. The van der Waals surface area contributed by atoms with Crippen molar-refractivity contribution in [2.75, 3.05) is 6.54 Å². The summed E-state index contributed by atoms with van der Waals surface area (Å²) in [6, 6.07) is 3.86. The largest absolute Gasteiger partial charge is 0.337 e. The molecule has 0 saturated carbocycles. The Bertz CT molecular complexity index is 581. The lowest BCUT2D eigenvalue weighted by molar-refractivity contribution is -0.132. The average Bonchev–Trinajstić information content (AvgIpc) is 3.04. The second-order valence-electron chi connectivity index (χ2n) is 5.49. The number of carbonyl (C=O) groups is 1. The monoisotopic (exact) mass is 270 g/mol. The highest BCUT2D eigenvalue weighted by Crippen LogP contribution is 2.22. The minimum absolute atomic E-state index is 0.217. The van der Waals surface area contributed by atoms with E-state index in [0.717, 1.165) is 38.0 Å². The lowest BCUT2D eigenvalue weighted by atomic mass is 10.0. The zero-order chi connectivity index (χ0) is 13.9. The number of amides is 1. The summed E-state index contributed by atoms with van der Waals surface area (Å²) < 4.78 is 1.86.